The van der Waals surface area contributed by atoms with E-state index in [-0.39, 0.29) is 37.1 Å². The number of amides is 2. The van der Waals surface area contributed by atoms with E-state index in [1.165, 1.54) is 18.2 Å². The smallest absolute Gasteiger partial charge is 0.478 e. The fourth-order valence-corrected chi connectivity index (χ4v) is 4.54. The summed E-state index contributed by atoms with van der Waals surface area (Å²) in [6.45, 7) is 4.25. The normalized spacial score (nSPS) is 16.0. The van der Waals surface area contributed by atoms with Gasteiger partial charge in [0, 0.05) is 36.5 Å². The van der Waals surface area contributed by atoms with Crippen LogP contribution in [0.25, 0.3) is 0 Å². The van der Waals surface area contributed by atoms with Crippen molar-refractivity contribution in [2.75, 3.05) is 6.54 Å². The molecule has 0 radical (unpaired) electrons. The summed E-state index contributed by atoms with van der Waals surface area (Å²) in [6.07, 6.45) is -4.63. The SMILES string of the molecule is CC(C)[C@@H](Oc1ccc(CNC(=O)[C@@H]2CCCN2C(=O)CC(N)Cc2cc(Cl)ccc2F)cc1)C(=O)O.O=C(O)C(F)(F)F. The van der Waals surface area contributed by atoms with Crippen LogP contribution in [0.5, 0.6) is 5.75 Å². The first-order chi connectivity index (χ1) is 20.5. The van der Waals surface area contributed by atoms with Gasteiger partial charge in [0.2, 0.25) is 11.8 Å². The van der Waals surface area contributed by atoms with Gasteiger partial charge in [0.05, 0.1) is 0 Å². The van der Waals surface area contributed by atoms with Crippen molar-refractivity contribution in [3.63, 3.8) is 0 Å². The number of benzene rings is 2. The Bertz CT molecular complexity index is 1310. The number of alkyl halides is 3. The van der Waals surface area contributed by atoms with Gasteiger partial charge in [-0.2, -0.15) is 13.2 Å². The van der Waals surface area contributed by atoms with Crippen LogP contribution < -0.4 is 15.8 Å². The maximum absolute atomic E-state index is 14.0. The third kappa shape index (κ3) is 11.3. The van der Waals surface area contributed by atoms with Gasteiger partial charge in [-0.3, -0.25) is 9.59 Å². The lowest BCUT2D eigenvalue weighted by Crippen LogP contribution is -2.47. The Kier molecular flexibility index (Phi) is 13.4. The van der Waals surface area contributed by atoms with Crippen LogP contribution in [0.1, 0.15) is 44.2 Å². The molecule has 15 heteroatoms. The van der Waals surface area contributed by atoms with Gasteiger partial charge in [-0.15, -0.1) is 0 Å². The number of carbonyl (C=O) groups excluding carboxylic acids is 2. The second-order valence-electron chi connectivity index (χ2n) is 10.4. The Hall–Kier alpha value is -3.91. The molecule has 44 heavy (non-hydrogen) atoms. The van der Waals surface area contributed by atoms with Gasteiger partial charge in [-0.25, -0.2) is 14.0 Å². The van der Waals surface area contributed by atoms with Crippen LogP contribution in [0.3, 0.4) is 0 Å². The molecule has 242 valence electrons. The molecule has 2 aromatic rings. The fraction of sp³-hybridized carbons (Fsp3) is 0.448. The van der Waals surface area contributed by atoms with Crippen molar-refractivity contribution in [3.8, 4) is 5.75 Å². The molecule has 10 nitrogen and oxygen atoms in total. The number of nitrogens with one attached hydrogen (secondary N) is 1. The summed E-state index contributed by atoms with van der Waals surface area (Å²) in [5.41, 5.74) is 7.28. The van der Waals surface area contributed by atoms with E-state index in [0.29, 0.717) is 35.7 Å². The second-order valence-corrected chi connectivity index (χ2v) is 10.9. The first-order valence-electron chi connectivity index (χ1n) is 13.5. The number of halogens is 5. The quantitative estimate of drug-likeness (QED) is 0.265. The molecule has 1 saturated heterocycles. The average Bonchev–Trinajstić information content (AvgIpc) is 3.43. The minimum Gasteiger partial charge on any atom is -0.478 e. The van der Waals surface area contributed by atoms with E-state index >= 15 is 0 Å². The summed E-state index contributed by atoms with van der Waals surface area (Å²) in [6, 6.07) is 9.85. The van der Waals surface area contributed by atoms with Crippen molar-refractivity contribution in [2.45, 2.75) is 70.4 Å². The van der Waals surface area contributed by atoms with E-state index in [1.807, 2.05) is 0 Å². The highest BCUT2D eigenvalue weighted by atomic mass is 35.5. The van der Waals surface area contributed by atoms with Crippen molar-refractivity contribution < 1.29 is 51.7 Å². The molecule has 0 saturated carbocycles. The number of likely N-dealkylation sites (tertiary alicyclic amines) is 1. The second kappa shape index (κ2) is 16.2. The van der Waals surface area contributed by atoms with Crippen LogP contribution in [0.4, 0.5) is 17.6 Å². The molecule has 1 heterocycles. The number of carbonyl (C=O) groups is 4. The summed E-state index contributed by atoms with van der Waals surface area (Å²) < 4.78 is 51.3. The first-order valence-corrected chi connectivity index (χ1v) is 13.9. The van der Waals surface area contributed by atoms with E-state index < -0.39 is 42.1 Å². The van der Waals surface area contributed by atoms with Crippen LogP contribution in [0, 0.1) is 11.7 Å². The van der Waals surface area contributed by atoms with Crippen molar-refractivity contribution in [1.82, 2.24) is 10.2 Å². The van der Waals surface area contributed by atoms with Crippen LogP contribution in [0.2, 0.25) is 5.02 Å². The molecule has 3 atom stereocenters. The summed E-state index contributed by atoms with van der Waals surface area (Å²) in [5, 5.41) is 19.7. The van der Waals surface area contributed by atoms with Crippen molar-refractivity contribution >= 4 is 35.4 Å². The molecular weight excluding hydrogens is 614 g/mol. The Morgan fingerprint density at radius 1 is 1.11 bits per heavy atom. The Morgan fingerprint density at radius 2 is 1.73 bits per heavy atom. The molecular formula is C29H34ClF4N3O7. The van der Waals surface area contributed by atoms with E-state index in [9.17, 15) is 37.1 Å². The van der Waals surface area contributed by atoms with Gasteiger partial charge in [0.15, 0.2) is 6.10 Å². The molecule has 0 aromatic heterocycles. The predicted octanol–water partition coefficient (Wildman–Crippen LogP) is 4.17. The number of nitrogens with two attached hydrogens (primary N) is 1. The Morgan fingerprint density at radius 3 is 2.27 bits per heavy atom. The lowest BCUT2D eigenvalue weighted by molar-refractivity contribution is -0.192. The van der Waals surface area contributed by atoms with Gasteiger partial charge in [0.25, 0.3) is 0 Å². The highest BCUT2D eigenvalue weighted by Gasteiger charge is 2.38. The van der Waals surface area contributed by atoms with Crippen molar-refractivity contribution in [3.05, 3.63) is 64.4 Å². The number of carboxylic acid groups (broad SMARTS) is 2. The van der Waals surface area contributed by atoms with E-state index in [2.05, 4.69) is 5.32 Å². The van der Waals surface area contributed by atoms with Gasteiger partial charge < -0.3 is 30.9 Å². The number of carboxylic acids is 2. The van der Waals surface area contributed by atoms with Gasteiger partial charge in [-0.05, 0) is 60.7 Å². The first kappa shape index (κ1) is 36.3. The van der Waals surface area contributed by atoms with E-state index in [0.717, 1.165) is 5.56 Å². The van der Waals surface area contributed by atoms with Gasteiger partial charge in [0.1, 0.15) is 17.6 Å². The lowest BCUT2D eigenvalue weighted by Gasteiger charge is -2.25. The largest absolute Gasteiger partial charge is 0.490 e. The van der Waals surface area contributed by atoms with Crippen LogP contribution in [0.15, 0.2) is 42.5 Å². The molecule has 0 spiro atoms. The highest BCUT2D eigenvalue weighted by Crippen LogP contribution is 2.22. The topological polar surface area (TPSA) is 159 Å². The molecule has 1 unspecified atom stereocenters. The molecule has 1 aliphatic heterocycles. The number of rotatable bonds is 11. The number of aliphatic carboxylic acids is 2. The molecule has 3 rings (SSSR count). The average molecular weight is 648 g/mol. The minimum absolute atomic E-state index is 0.00902. The Labute approximate surface area is 256 Å². The molecule has 0 bridgehead atoms. The van der Waals surface area contributed by atoms with Crippen LogP contribution >= 0.6 is 11.6 Å². The monoisotopic (exact) mass is 647 g/mol. The zero-order valence-electron chi connectivity index (χ0n) is 23.9. The molecule has 1 aliphatic rings. The van der Waals surface area contributed by atoms with E-state index in [4.69, 9.17) is 32.0 Å². The summed E-state index contributed by atoms with van der Waals surface area (Å²) in [7, 11) is 0. The lowest BCUT2D eigenvalue weighted by atomic mass is 10.0. The number of ether oxygens (including phenoxy) is 1. The summed E-state index contributed by atoms with van der Waals surface area (Å²) >= 11 is 5.93. The Balaban J connectivity index is 0.000000860. The van der Waals surface area contributed by atoms with Gasteiger partial charge >= 0.3 is 18.1 Å². The molecule has 2 amide bonds. The highest BCUT2D eigenvalue weighted by molar-refractivity contribution is 6.30. The molecule has 2 aromatic carbocycles. The predicted molar refractivity (Wildman–Crippen MR) is 151 cm³/mol. The maximum atomic E-state index is 14.0. The minimum atomic E-state index is -5.08. The number of hydrogen-bond donors (Lipinski definition) is 4. The van der Waals surface area contributed by atoms with Crippen molar-refractivity contribution in [1.29, 1.82) is 0 Å². The molecule has 5 N–H and O–H groups in total. The molecule has 1 fully saturated rings. The standard InChI is InChI=1S/C27H33ClFN3O5.C2HF3O2/c1-16(2)25(27(35)36)37-21-8-5-17(6-9-21)15-31-26(34)23-4-3-11-32(23)24(33)14-20(30)13-18-12-19(28)7-10-22(18)29;3-2(4,5)1(6)7/h5-10,12,16,20,23,25H,3-4,11,13-15,30H2,1-2H3,(H,31,34)(H,35,36);(H,6,7)/t20?,23-,25+;/m0./s1. The maximum Gasteiger partial charge on any atom is 0.490 e. The van der Waals surface area contributed by atoms with Crippen LogP contribution in [-0.2, 0) is 32.1 Å². The van der Waals surface area contributed by atoms with Gasteiger partial charge in [-0.1, -0.05) is 37.6 Å². The summed E-state index contributed by atoms with van der Waals surface area (Å²) in [4.78, 5) is 47.5. The zero-order valence-corrected chi connectivity index (χ0v) is 24.7. The number of hydrogen-bond acceptors (Lipinski definition) is 6. The third-order valence-electron chi connectivity index (χ3n) is 6.55. The van der Waals surface area contributed by atoms with Crippen molar-refractivity contribution in [2.24, 2.45) is 11.7 Å². The van der Waals surface area contributed by atoms with E-state index in [1.54, 1.807) is 43.0 Å². The zero-order chi connectivity index (χ0) is 33.2. The molecule has 0 aliphatic carbocycles. The fourth-order valence-electron chi connectivity index (χ4n) is 4.34. The third-order valence-corrected chi connectivity index (χ3v) is 6.78. The summed E-state index contributed by atoms with van der Waals surface area (Å²) in [5.74, 6) is -4.48. The number of nitrogens with zero attached hydrogens (tertiary/aromatic N) is 1. The van der Waals surface area contributed by atoms with Crippen LogP contribution in [-0.4, -0.2) is 69.8 Å².